The van der Waals surface area contributed by atoms with Crippen LogP contribution in [0.3, 0.4) is 0 Å². The van der Waals surface area contributed by atoms with Gasteiger partial charge in [0.25, 0.3) is 0 Å². The fourth-order valence-electron chi connectivity index (χ4n) is 1.87. The third-order valence-electron chi connectivity index (χ3n) is 2.91. The Bertz CT molecular complexity index is 480. The van der Waals surface area contributed by atoms with Crippen LogP contribution in [0.15, 0.2) is 18.2 Å². The first-order chi connectivity index (χ1) is 8.65. The first kappa shape index (κ1) is 12.4. The lowest BCUT2D eigenvalue weighted by molar-refractivity contribution is -0.141. The Labute approximate surface area is 105 Å². The predicted molar refractivity (Wildman–Crippen MR) is 62.9 cm³/mol. The van der Waals surface area contributed by atoms with Gasteiger partial charge in [-0.05, 0) is 12.1 Å². The van der Waals surface area contributed by atoms with E-state index in [4.69, 9.17) is 9.47 Å². The zero-order valence-electron chi connectivity index (χ0n) is 10.3. The van der Waals surface area contributed by atoms with Gasteiger partial charge in [0.15, 0.2) is 5.78 Å². The predicted octanol–water partition coefficient (Wildman–Crippen LogP) is 1.45. The molecule has 0 unspecified atom stereocenters. The fraction of sp³-hybridized carbons (Fsp3) is 0.385. The molecule has 0 spiro atoms. The monoisotopic (exact) mass is 250 g/mol. The molecule has 1 aromatic carbocycles. The Kier molecular flexibility index (Phi) is 3.50. The molecule has 0 amide bonds. The zero-order chi connectivity index (χ0) is 13.1. The van der Waals surface area contributed by atoms with Crippen molar-refractivity contribution in [2.45, 2.75) is 6.42 Å². The maximum atomic E-state index is 12.1. The Morgan fingerprint density at radius 3 is 2.89 bits per heavy atom. The van der Waals surface area contributed by atoms with Gasteiger partial charge in [0, 0.05) is 6.07 Å². The number of ketones is 1. The van der Waals surface area contributed by atoms with Gasteiger partial charge in [0.2, 0.25) is 0 Å². The van der Waals surface area contributed by atoms with Crippen LogP contribution in [0.2, 0.25) is 0 Å². The number of fused-ring (bicyclic) bond motifs is 1. The highest BCUT2D eigenvalue weighted by molar-refractivity contribution is 6.02. The first-order valence-corrected chi connectivity index (χ1v) is 5.57. The van der Waals surface area contributed by atoms with Crippen molar-refractivity contribution in [3.8, 4) is 11.5 Å². The van der Waals surface area contributed by atoms with Crippen molar-refractivity contribution in [2.24, 2.45) is 5.92 Å². The summed E-state index contributed by atoms with van der Waals surface area (Å²) in [6.07, 6.45) is 0.0425. The molecule has 0 aromatic heterocycles. The van der Waals surface area contributed by atoms with Crippen molar-refractivity contribution in [3.05, 3.63) is 23.8 Å². The average molecular weight is 250 g/mol. The molecule has 0 radical (unpaired) electrons. The van der Waals surface area contributed by atoms with Gasteiger partial charge in [-0.3, -0.25) is 9.59 Å². The van der Waals surface area contributed by atoms with Gasteiger partial charge in [-0.25, -0.2) is 0 Å². The van der Waals surface area contributed by atoms with E-state index in [-0.39, 0.29) is 18.8 Å². The molecule has 0 saturated heterocycles. The van der Waals surface area contributed by atoms with E-state index >= 15 is 0 Å². The quantitative estimate of drug-likeness (QED) is 0.760. The van der Waals surface area contributed by atoms with Crippen molar-refractivity contribution in [2.75, 3.05) is 20.8 Å². The normalized spacial score (nSPS) is 17.7. The van der Waals surface area contributed by atoms with E-state index in [0.717, 1.165) is 0 Å². The first-order valence-electron chi connectivity index (χ1n) is 5.57. The molecule has 1 heterocycles. The van der Waals surface area contributed by atoms with Crippen LogP contribution < -0.4 is 9.47 Å². The lowest BCUT2D eigenvalue weighted by Gasteiger charge is -2.23. The van der Waals surface area contributed by atoms with E-state index in [0.29, 0.717) is 17.1 Å². The van der Waals surface area contributed by atoms with Gasteiger partial charge >= 0.3 is 5.97 Å². The van der Waals surface area contributed by atoms with Crippen LogP contribution in [-0.2, 0) is 9.53 Å². The third kappa shape index (κ3) is 2.30. The molecule has 0 fully saturated rings. The summed E-state index contributed by atoms with van der Waals surface area (Å²) in [6, 6.07) is 5.02. The molecule has 1 aromatic rings. The van der Waals surface area contributed by atoms with Gasteiger partial charge in [-0.1, -0.05) is 0 Å². The van der Waals surface area contributed by atoms with Crippen LogP contribution in [0, 0.1) is 5.92 Å². The summed E-state index contributed by atoms with van der Waals surface area (Å²) in [5, 5.41) is 0. The summed E-state index contributed by atoms with van der Waals surface area (Å²) in [5.41, 5.74) is 0.482. The third-order valence-corrected chi connectivity index (χ3v) is 2.91. The van der Waals surface area contributed by atoms with Crippen LogP contribution in [0.25, 0.3) is 0 Å². The van der Waals surface area contributed by atoms with Gasteiger partial charge in [0.1, 0.15) is 11.5 Å². The molecule has 5 heteroatoms. The van der Waals surface area contributed by atoms with Gasteiger partial charge < -0.3 is 14.2 Å². The standard InChI is InChI=1S/C13H14O5/c1-16-9-3-4-10-11(6-9)18-7-8(13(10)15)5-12(14)17-2/h3-4,6,8H,5,7H2,1-2H3/t8-/m1/s1. The van der Waals surface area contributed by atoms with Gasteiger partial charge in [0.05, 0.1) is 38.7 Å². The van der Waals surface area contributed by atoms with E-state index in [1.54, 1.807) is 25.3 Å². The molecule has 0 aliphatic carbocycles. The van der Waals surface area contributed by atoms with Crippen molar-refractivity contribution >= 4 is 11.8 Å². The fourth-order valence-corrected chi connectivity index (χ4v) is 1.87. The van der Waals surface area contributed by atoms with Crippen molar-refractivity contribution in [1.82, 2.24) is 0 Å². The molecule has 1 aliphatic heterocycles. The summed E-state index contributed by atoms with van der Waals surface area (Å²) in [4.78, 5) is 23.3. The Balaban J connectivity index is 2.21. The molecule has 18 heavy (non-hydrogen) atoms. The summed E-state index contributed by atoms with van der Waals surface area (Å²) in [5.74, 6) is 0.157. The number of methoxy groups -OCH3 is 2. The summed E-state index contributed by atoms with van der Waals surface area (Å²) >= 11 is 0. The number of ether oxygens (including phenoxy) is 3. The molecular weight excluding hydrogens is 236 g/mol. The minimum absolute atomic E-state index is 0.0425. The minimum Gasteiger partial charge on any atom is -0.497 e. The maximum absolute atomic E-state index is 12.1. The van der Waals surface area contributed by atoms with E-state index in [1.165, 1.54) is 7.11 Å². The largest absolute Gasteiger partial charge is 0.497 e. The van der Waals surface area contributed by atoms with Crippen LogP contribution in [0.4, 0.5) is 0 Å². The van der Waals surface area contributed by atoms with Gasteiger partial charge in [-0.2, -0.15) is 0 Å². The van der Waals surface area contributed by atoms with E-state index in [2.05, 4.69) is 4.74 Å². The smallest absolute Gasteiger partial charge is 0.306 e. The molecule has 1 atom stereocenters. The Hall–Kier alpha value is -2.04. The molecule has 0 N–H and O–H groups in total. The van der Waals surface area contributed by atoms with E-state index < -0.39 is 11.9 Å². The van der Waals surface area contributed by atoms with Gasteiger partial charge in [-0.15, -0.1) is 0 Å². The summed E-state index contributed by atoms with van der Waals surface area (Å²) in [6.45, 7) is 0.189. The number of Topliss-reactive ketones (excluding diaryl/α,β-unsaturated/α-hetero) is 1. The molecule has 5 nitrogen and oxygen atoms in total. The highest BCUT2D eigenvalue weighted by atomic mass is 16.5. The lowest BCUT2D eigenvalue weighted by Crippen LogP contribution is -2.30. The van der Waals surface area contributed by atoms with Crippen LogP contribution >= 0.6 is 0 Å². The minimum atomic E-state index is -0.474. The topological polar surface area (TPSA) is 61.8 Å². The zero-order valence-corrected chi connectivity index (χ0v) is 10.3. The summed E-state index contributed by atoms with van der Waals surface area (Å²) < 4.78 is 15.1. The van der Waals surface area contributed by atoms with Crippen LogP contribution in [0.5, 0.6) is 11.5 Å². The molecule has 0 saturated carbocycles. The molecule has 96 valence electrons. The highest BCUT2D eigenvalue weighted by Gasteiger charge is 2.31. The number of esters is 1. The number of carbonyl (C=O) groups is 2. The number of carbonyl (C=O) groups excluding carboxylic acids is 2. The highest BCUT2D eigenvalue weighted by Crippen LogP contribution is 2.32. The number of rotatable bonds is 3. The second-order valence-corrected chi connectivity index (χ2v) is 4.01. The lowest BCUT2D eigenvalue weighted by atomic mass is 9.92. The van der Waals surface area contributed by atoms with E-state index in [9.17, 15) is 9.59 Å². The van der Waals surface area contributed by atoms with Crippen molar-refractivity contribution < 1.29 is 23.8 Å². The van der Waals surface area contributed by atoms with Crippen LogP contribution in [-0.4, -0.2) is 32.6 Å². The van der Waals surface area contributed by atoms with Crippen LogP contribution in [0.1, 0.15) is 16.8 Å². The molecule has 1 aliphatic rings. The SMILES string of the molecule is COC(=O)C[C@@H]1COc2cc(OC)ccc2C1=O. The molecule has 0 bridgehead atoms. The second-order valence-electron chi connectivity index (χ2n) is 4.01. The second kappa shape index (κ2) is 5.08. The Morgan fingerprint density at radius 2 is 2.22 bits per heavy atom. The van der Waals surface area contributed by atoms with Crippen molar-refractivity contribution in [1.29, 1.82) is 0 Å². The molecular formula is C13H14O5. The van der Waals surface area contributed by atoms with Crippen molar-refractivity contribution in [3.63, 3.8) is 0 Å². The number of benzene rings is 1. The number of hydrogen-bond donors (Lipinski definition) is 0. The number of hydrogen-bond acceptors (Lipinski definition) is 5. The molecule has 2 rings (SSSR count). The average Bonchev–Trinajstić information content (AvgIpc) is 2.41. The maximum Gasteiger partial charge on any atom is 0.306 e. The summed E-state index contributed by atoms with van der Waals surface area (Å²) in [7, 11) is 2.85. The van der Waals surface area contributed by atoms with E-state index in [1.807, 2.05) is 0 Å². The Morgan fingerprint density at radius 1 is 1.44 bits per heavy atom.